The Morgan fingerprint density at radius 1 is 1.28 bits per heavy atom. The molecule has 0 N–H and O–H groups in total. The molecule has 0 aliphatic carbocycles. The lowest BCUT2D eigenvalue weighted by molar-refractivity contribution is 0.209. The van der Waals surface area contributed by atoms with Gasteiger partial charge in [0.1, 0.15) is 5.82 Å². The van der Waals surface area contributed by atoms with Crippen LogP contribution in [0.4, 0.5) is 4.39 Å². The van der Waals surface area contributed by atoms with Gasteiger partial charge in [-0.05, 0) is 53.0 Å². The van der Waals surface area contributed by atoms with Gasteiger partial charge in [0.2, 0.25) is 0 Å². The smallest absolute Gasteiger partial charge is 0.137 e. The molecule has 1 aromatic rings. The highest BCUT2D eigenvalue weighted by atomic mass is 79.9. The first-order valence-electron chi connectivity index (χ1n) is 6.44. The molecule has 1 heterocycles. The van der Waals surface area contributed by atoms with Crippen LogP contribution in [0.3, 0.4) is 0 Å². The van der Waals surface area contributed by atoms with Crippen LogP contribution < -0.4 is 0 Å². The fourth-order valence-corrected chi connectivity index (χ4v) is 3.65. The van der Waals surface area contributed by atoms with Crippen LogP contribution in [0.15, 0.2) is 22.7 Å². The molecule has 100 valence electrons. The van der Waals surface area contributed by atoms with Crippen molar-refractivity contribution in [2.75, 3.05) is 11.9 Å². The fraction of sp³-hybridized carbons (Fsp3) is 0.571. The summed E-state index contributed by atoms with van der Waals surface area (Å²) in [5, 5.41) is 1.02. The Labute approximate surface area is 125 Å². The molecule has 2 rings (SSSR count). The number of hydrogen-bond donors (Lipinski definition) is 0. The Bertz CT molecular complexity index is 397. The fourth-order valence-electron chi connectivity index (χ4n) is 2.49. The SMILES string of the molecule is Fc1ccc(CN2CCCCCC2CBr)cc1Br. The predicted octanol–water partition coefficient (Wildman–Crippen LogP) is 4.73. The summed E-state index contributed by atoms with van der Waals surface area (Å²) >= 11 is 6.87. The molecule has 1 nitrogen and oxygen atoms in total. The number of likely N-dealkylation sites (tertiary alicyclic amines) is 1. The van der Waals surface area contributed by atoms with Crippen molar-refractivity contribution in [3.63, 3.8) is 0 Å². The zero-order chi connectivity index (χ0) is 13.0. The third-order valence-corrected chi connectivity index (χ3v) is 4.90. The molecule has 1 aromatic carbocycles. The Hall–Kier alpha value is 0.0700. The zero-order valence-electron chi connectivity index (χ0n) is 10.3. The second kappa shape index (κ2) is 7.01. The van der Waals surface area contributed by atoms with Crippen LogP contribution in [-0.2, 0) is 6.54 Å². The molecule has 0 saturated carbocycles. The van der Waals surface area contributed by atoms with Crippen LogP contribution in [0, 0.1) is 5.82 Å². The number of rotatable bonds is 3. The van der Waals surface area contributed by atoms with Gasteiger partial charge in [-0.2, -0.15) is 0 Å². The van der Waals surface area contributed by atoms with Crippen molar-refractivity contribution in [1.82, 2.24) is 4.90 Å². The molecule has 18 heavy (non-hydrogen) atoms. The maximum absolute atomic E-state index is 13.2. The van der Waals surface area contributed by atoms with E-state index in [0.717, 1.165) is 18.4 Å². The van der Waals surface area contributed by atoms with Crippen LogP contribution in [0.25, 0.3) is 0 Å². The van der Waals surface area contributed by atoms with Gasteiger partial charge in [0, 0.05) is 17.9 Å². The molecule has 0 spiro atoms. The van der Waals surface area contributed by atoms with Crippen molar-refractivity contribution in [1.29, 1.82) is 0 Å². The van der Waals surface area contributed by atoms with Crippen molar-refractivity contribution in [3.8, 4) is 0 Å². The third-order valence-electron chi connectivity index (χ3n) is 3.55. The first-order valence-corrected chi connectivity index (χ1v) is 8.36. The lowest BCUT2D eigenvalue weighted by Crippen LogP contribution is -2.35. The summed E-state index contributed by atoms with van der Waals surface area (Å²) in [5.41, 5.74) is 1.18. The summed E-state index contributed by atoms with van der Waals surface area (Å²) in [6, 6.07) is 5.93. The summed E-state index contributed by atoms with van der Waals surface area (Å²) in [7, 11) is 0. The monoisotopic (exact) mass is 377 g/mol. The van der Waals surface area contributed by atoms with Crippen molar-refractivity contribution in [2.24, 2.45) is 0 Å². The molecule has 1 saturated heterocycles. The summed E-state index contributed by atoms with van der Waals surface area (Å²) < 4.78 is 13.8. The topological polar surface area (TPSA) is 3.24 Å². The Kier molecular flexibility index (Phi) is 5.64. The van der Waals surface area contributed by atoms with Gasteiger partial charge in [-0.1, -0.05) is 34.8 Å². The van der Waals surface area contributed by atoms with Gasteiger partial charge < -0.3 is 0 Å². The molecule has 1 aliphatic heterocycles. The highest BCUT2D eigenvalue weighted by molar-refractivity contribution is 9.10. The van der Waals surface area contributed by atoms with Gasteiger partial charge in [0.25, 0.3) is 0 Å². The summed E-state index contributed by atoms with van der Waals surface area (Å²) in [6.07, 6.45) is 5.17. The largest absolute Gasteiger partial charge is 0.295 e. The van der Waals surface area contributed by atoms with Crippen molar-refractivity contribution < 1.29 is 4.39 Å². The zero-order valence-corrected chi connectivity index (χ0v) is 13.5. The Morgan fingerprint density at radius 3 is 2.83 bits per heavy atom. The van der Waals surface area contributed by atoms with Crippen molar-refractivity contribution >= 4 is 31.9 Å². The van der Waals surface area contributed by atoms with Gasteiger partial charge in [-0.25, -0.2) is 4.39 Å². The minimum atomic E-state index is -0.188. The molecule has 1 aliphatic rings. The molecule has 0 aromatic heterocycles. The van der Waals surface area contributed by atoms with Gasteiger partial charge in [-0.3, -0.25) is 4.90 Å². The number of hydrogen-bond acceptors (Lipinski definition) is 1. The van der Waals surface area contributed by atoms with Gasteiger partial charge in [-0.15, -0.1) is 0 Å². The summed E-state index contributed by atoms with van der Waals surface area (Å²) in [6.45, 7) is 2.06. The first-order chi connectivity index (χ1) is 8.70. The lowest BCUT2D eigenvalue weighted by atomic mass is 10.1. The van der Waals surface area contributed by atoms with E-state index in [1.54, 1.807) is 6.07 Å². The summed E-state index contributed by atoms with van der Waals surface area (Å²) in [5.74, 6) is -0.188. The van der Waals surface area contributed by atoms with Crippen molar-refractivity contribution in [2.45, 2.75) is 38.3 Å². The van der Waals surface area contributed by atoms with E-state index < -0.39 is 0 Å². The minimum Gasteiger partial charge on any atom is -0.295 e. The molecule has 1 unspecified atom stereocenters. The second-order valence-corrected chi connectivity index (χ2v) is 6.38. The molecule has 1 atom stereocenters. The molecule has 1 fully saturated rings. The number of benzene rings is 1. The average Bonchev–Trinajstić information content (AvgIpc) is 2.59. The van der Waals surface area contributed by atoms with E-state index in [4.69, 9.17) is 0 Å². The van der Waals surface area contributed by atoms with Crippen LogP contribution in [0.5, 0.6) is 0 Å². The second-order valence-electron chi connectivity index (χ2n) is 4.88. The molecular weight excluding hydrogens is 361 g/mol. The van der Waals surface area contributed by atoms with E-state index in [1.165, 1.54) is 31.2 Å². The first kappa shape index (κ1) is 14.5. The lowest BCUT2D eigenvalue weighted by Gasteiger charge is -2.28. The number of halogens is 3. The highest BCUT2D eigenvalue weighted by Crippen LogP contribution is 2.23. The Balaban J connectivity index is 2.07. The van der Waals surface area contributed by atoms with Gasteiger partial charge in [0.15, 0.2) is 0 Å². The van der Waals surface area contributed by atoms with Gasteiger partial charge in [0.05, 0.1) is 4.47 Å². The number of nitrogens with zero attached hydrogens (tertiary/aromatic N) is 1. The van der Waals surface area contributed by atoms with Gasteiger partial charge >= 0.3 is 0 Å². The van der Waals surface area contributed by atoms with E-state index in [2.05, 4.69) is 36.8 Å². The third kappa shape index (κ3) is 3.78. The molecule has 0 radical (unpaired) electrons. The van der Waals surface area contributed by atoms with Crippen LogP contribution >= 0.6 is 31.9 Å². The molecule has 4 heteroatoms. The summed E-state index contributed by atoms with van der Waals surface area (Å²) in [4.78, 5) is 2.52. The normalized spacial score (nSPS) is 21.8. The van der Waals surface area contributed by atoms with Crippen LogP contribution in [0.2, 0.25) is 0 Å². The average molecular weight is 379 g/mol. The quantitative estimate of drug-likeness (QED) is 0.687. The van der Waals surface area contributed by atoms with Crippen LogP contribution in [0.1, 0.15) is 31.2 Å². The standard InChI is InChI=1S/C14H18Br2FN/c15-9-12-4-2-1-3-7-18(12)10-11-5-6-14(17)13(16)8-11/h5-6,8,12H,1-4,7,9-10H2. The van der Waals surface area contributed by atoms with Crippen LogP contribution in [-0.4, -0.2) is 22.8 Å². The van der Waals surface area contributed by atoms with E-state index in [9.17, 15) is 4.39 Å². The Morgan fingerprint density at radius 2 is 2.11 bits per heavy atom. The number of alkyl halides is 1. The van der Waals surface area contributed by atoms with E-state index in [0.29, 0.717) is 10.5 Å². The van der Waals surface area contributed by atoms with Crippen molar-refractivity contribution in [3.05, 3.63) is 34.1 Å². The molecular formula is C14H18Br2FN. The maximum atomic E-state index is 13.2. The molecule has 0 bridgehead atoms. The predicted molar refractivity (Wildman–Crippen MR) is 80.6 cm³/mol. The minimum absolute atomic E-state index is 0.188. The molecule has 0 amide bonds. The van der Waals surface area contributed by atoms with E-state index in [-0.39, 0.29) is 5.82 Å². The maximum Gasteiger partial charge on any atom is 0.137 e. The van der Waals surface area contributed by atoms with E-state index >= 15 is 0 Å². The van der Waals surface area contributed by atoms with E-state index in [1.807, 2.05) is 12.1 Å². The highest BCUT2D eigenvalue weighted by Gasteiger charge is 2.20.